The van der Waals surface area contributed by atoms with Crippen molar-refractivity contribution in [2.45, 2.75) is 83.2 Å². The van der Waals surface area contributed by atoms with E-state index in [1.54, 1.807) is 0 Å². The van der Waals surface area contributed by atoms with E-state index in [0.29, 0.717) is 20.8 Å². The van der Waals surface area contributed by atoms with Gasteiger partial charge in [-0.3, -0.25) is 0 Å². The Labute approximate surface area is 143 Å². The van der Waals surface area contributed by atoms with Crippen LogP contribution in [0.3, 0.4) is 0 Å². The molecule has 2 nitrogen and oxygen atoms in total. The number of ether oxygens (including phenoxy) is 2. The fourth-order valence-electron chi connectivity index (χ4n) is 1.90. The van der Waals surface area contributed by atoms with Crippen LogP contribution < -0.4 is 0 Å². The van der Waals surface area contributed by atoms with Gasteiger partial charge in [-0.15, -0.1) is 0 Å². The number of halogens is 10. The molecule has 0 saturated heterocycles. The topological polar surface area (TPSA) is 18.5 Å². The molecule has 0 radical (unpaired) electrons. The van der Waals surface area contributed by atoms with E-state index in [1.807, 2.05) is 0 Å². The molecule has 4 atom stereocenters. The third kappa shape index (κ3) is 7.85. The largest absolute Gasteiger partial charge is 0.414 e. The third-order valence-corrected chi connectivity index (χ3v) is 3.78. The molecule has 26 heavy (non-hydrogen) atoms. The van der Waals surface area contributed by atoms with Crippen molar-refractivity contribution in [1.29, 1.82) is 0 Å². The molecule has 0 saturated carbocycles. The molecule has 0 bridgehead atoms. The highest BCUT2D eigenvalue weighted by Crippen LogP contribution is 2.41. The molecule has 0 aromatic carbocycles. The van der Waals surface area contributed by atoms with Gasteiger partial charge in [-0.1, -0.05) is 6.92 Å². The number of hydrogen-bond donors (Lipinski definition) is 0. The second-order valence-electron chi connectivity index (χ2n) is 6.62. The molecule has 158 valence electrons. The lowest BCUT2D eigenvalue weighted by Gasteiger charge is -2.39. The Balaban J connectivity index is 5.42. The summed E-state index contributed by atoms with van der Waals surface area (Å²) in [6.45, 7) is 2.72. The summed E-state index contributed by atoms with van der Waals surface area (Å²) in [6.07, 6.45) is -22.9. The summed E-state index contributed by atoms with van der Waals surface area (Å²) in [4.78, 5) is 0. The number of alkyl halides is 10. The zero-order valence-electron chi connectivity index (χ0n) is 14.5. The zero-order valence-corrected chi connectivity index (χ0v) is 14.5. The Morgan fingerprint density at radius 3 is 1.38 bits per heavy atom. The van der Waals surface area contributed by atoms with Gasteiger partial charge in [-0.2, -0.15) is 39.5 Å². The highest BCUT2D eigenvalue weighted by Gasteiger charge is 2.54. The van der Waals surface area contributed by atoms with E-state index in [2.05, 4.69) is 9.47 Å². The van der Waals surface area contributed by atoms with E-state index < -0.39 is 54.5 Å². The fraction of sp³-hybridized carbons (Fsp3) is 1.00. The van der Waals surface area contributed by atoms with Crippen LogP contribution in [0, 0.1) is 5.92 Å². The molecule has 0 aliphatic carbocycles. The Morgan fingerprint density at radius 1 is 0.654 bits per heavy atom. The molecular weight excluding hydrogens is 390 g/mol. The monoisotopic (exact) mass is 410 g/mol. The molecule has 0 aromatic rings. The van der Waals surface area contributed by atoms with Crippen molar-refractivity contribution in [2.24, 2.45) is 5.92 Å². The third-order valence-electron chi connectivity index (χ3n) is 3.78. The van der Waals surface area contributed by atoms with E-state index in [0.717, 1.165) is 13.8 Å². The van der Waals surface area contributed by atoms with Gasteiger partial charge in [0.15, 0.2) is 12.2 Å². The molecule has 0 heterocycles. The lowest BCUT2D eigenvalue weighted by atomic mass is 9.91. The first-order valence-electron chi connectivity index (χ1n) is 7.34. The van der Waals surface area contributed by atoms with Crippen molar-refractivity contribution < 1.29 is 53.4 Å². The second kappa shape index (κ2) is 7.69. The van der Waals surface area contributed by atoms with Gasteiger partial charge in [0.05, 0.1) is 11.5 Å². The minimum absolute atomic E-state index is 0.317. The molecule has 4 unspecified atom stereocenters. The van der Waals surface area contributed by atoms with Crippen LogP contribution in [0.1, 0.15) is 41.0 Å². The molecule has 0 spiro atoms. The Morgan fingerprint density at radius 2 is 1.08 bits per heavy atom. The summed E-state index contributed by atoms with van der Waals surface area (Å²) in [5.74, 6) is -5.81. The van der Waals surface area contributed by atoms with Crippen LogP contribution in [-0.4, -0.2) is 42.2 Å². The van der Waals surface area contributed by atoms with Crippen LogP contribution in [0.5, 0.6) is 0 Å². The predicted molar refractivity (Wildman–Crippen MR) is 71.0 cm³/mol. The first kappa shape index (κ1) is 25.2. The van der Waals surface area contributed by atoms with E-state index in [1.165, 1.54) is 0 Å². The van der Waals surface area contributed by atoms with Crippen LogP contribution in [0.15, 0.2) is 0 Å². The van der Waals surface area contributed by atoms with Gasteiger partial charge in [0.1, 0.15) is 0 Å². The number of rotatable bonds is 7. The predicted octanol–water partition coefficient (Wildman–Crippen LogP) is 5.95. The summed E-state index contributed by atoms with van der Waals surface area (Å²) < 4.78 is 137. The molecule has 12 heteroatoms. The average molecular weight is 410 g/mol. The van der Waals surface area contributed by atoms with Crippen LogP contribution in [0.4, 0.5) is 43.9 Å². The maximum absolute atomic E-state index is 14.1. The van der Waals surface area contributed by atoms with Crippen molar-refractivity contribution in [3.63, 3.8) is 0 Å². The van der Waals surface area contributed by atoms with E-state index >= 15 is 0 Å². The summed E-state index contributed by atoms with van der Waals surface area (Å²) in [5.41, 5.74) is -2.43. The molecule has 0 N–H and O–H groups in total. The zero-order chi connectivity index (χ0) is 21.4. The highest BCUT2D eigenvalue weighted by molar-refractivity contribution is 4.86. The summed E-state index contributed by atoms with van der Waals surface area (Å²) >= 11 is 0. The van der Waals surface area contributed by atoms with Crippen LogP contribution in [0.25, 0.3) is 0 Å². The van der Waals surface area contributed by atoms with Crippen molar-refractivity contribution in [3.8, 4) is 0 Å². The van der Waals surface area contributed by atoms with Gasteiger partial charge in [0, 0.05) is 6.42 Å². The molecule has 0 amide bonds. The number of hydrogen-bond acceptors (Lipinski definition) is 2. The van der Waals surface area contributed by atoms with Gasteiger partial charge < -0.3 is 9.47 Å². The Bertz CT molecular complexity index is 450. The van der Waals surface area contributed by atoms with E-state index in [4.69, 9.17) is 0 Å². The molecule has 0 fully saturated rings. The lowest BCUT2D eigenvalue weighted by Crippen LogP contribution is -2.50. The average Bonchev–Trinajstić information content (AvgIpc) is 2.32. The maximum Gasteiger partial charge on any atom is 0.414 e. The van der Waals surface area contributed by atoms with E-state index in [9.17, 15) is 43.9 Å². The molecule has 0 rings (SSSR count). The Hall–Kier alpha value is -0.780. The molecule has 0 aliphatic heterocycles. The van der Waals surface area contributed by atoms with Gasteiger partial charge >= 0.3 is 18.5 Å². The van der Waals surface area contributed by atoms with Crippen molar-refractivity contribution in [2.75, 3.05) is 0 Å². The quantitative estimate of drug-likeness (QED) is 0.483. The standard InChI is InChI=1S/C14H20F10O2/c1-7(12(16,17)18)10(3,4)26-9(14(22,23)24)6-11(5,15)25-8(2)13(19,20)21/h7-9H,6H2,1-5H3. The summed E-state index contributed by atoms with van der Waals surface area (Å²) in [6, 6.07) is 0. The fourth-order valence-corrected chi connectivity index (χ4v) is 1.90. The van der Waals surface area contributed by atoms with Crippen molar-refractivity contribution >= 4 is 0 Å². The van der Waals surface area contributed by atoms with Crippen LogP contribution in [0.2, 0.25) is 0 Å². The minimum Gasteiger partial charge on any atom is -0.362 e. The first-order valence-corrected chi connectivity index (χ1v) is 7.34. The SMILES string of the molecule is CC(OC(C)(F)CC(OC(C)(C)C(C)C(F)(F)F)C(F)(F)F)C(F)(F)F. The van der Waals surface area contributed by atoms with Crippen LogP contribution >= 0.6 is 0 Å². The second-order valence-corrected chi connectivity index (χ2v) is 6.62. The van der Waals surface area contributed by atoms with Gasteiger partial charge in [0.25, 0.3) is 0 Å². The molecular formula is C14H20F10O2. The minimum atomic E-state index is -5.33. The van der Waals surface area contributed by atoms with Crippen LogP contribution in [-0.2, 0) is 9.47 Å². The first-order chi connectivity index (χ1) is 11.1. The normalized spacial score (nSPS) is 20.4. The van der Waals surface area contributed by atoms with Crippen molar-refractivity contribution in [3.05, 3.63) is 0 Å². The summed E-state index contributed by atoms with van der Waals surface area (Å²) in [5, 5.41) is 0. The van der Waals surface area contributed by atoms with Crippen molar-refractivity contribution in [1.82, 2.24) is 0 Å². The van der Waals surface area contributed by atoms with E-state index in [-0.39, 0.29) is 0 Å². The molecule has 0 aliphatic rings. The Kier molecular flexibility index (Phi) is 7.46. The van der Waals surface area contributed by atoms with Gasteiger partial charge in [0.2, 0.25) is 5.85 Å². The highest BCUT2D eigenvalue weighted by atomic mass is 19.4. The smallest absolute Gasteiger partial charge is 0.362 e. The maximum atomic E-state index is 14.1. The van der Waals surface area contributed by atoms with Gasteiger partial charge in [-0.05, 0) is 27.7 Å². The summed E-state index contributed by atoms with van der Waals surface area (Å²) in [7, 11) is 0. The van der Waals surface area contributed by atoms with Gasteiger partial charge in [-0.25, -0.2) is 4.39 Å². The molecule has 0 aromatic heterocycles. The lowest BCUT2D eigenvalue weighted by molar-refractivity contribution is -0.316.